The number of hydrogen-bond donors (Lipinski definition) is 2. The first-order valence-corrected chi connectivity index (χ1v) is 3.31. The maximum Gasteiger partial charge on any atom is 0.328 e. The number of aliphatic carboxylic acids is 1. The van der Waals surface area contributed by atoms with Crippen LogP contribution in [-0.2, 0) is 4.79 Å². The molecule has 0 saturated carbocycles. The van der Waals surface area contributed by atoms with E-state index in [-0.39, 0.29) is 0 Å². The lowest BCUT2D eigenvalue weighted by atomic mass is 10.2. The van der Waals surface area contributed by atoms with Gasteiger partial charge in [-0.1, -0.05) is 5.57 Å². The Kier molecular flexibility index (Phi) is 4.22. The van der Waals surface area contributed by atoms with Gasteiger partial charge in [0.2, 0.25) is 0 Å². The van der Waals surface area contributed by atoms with Crippen molar-refractivity contribution < 1.29 is 9.90 Å². The molecule has 0 aliphatic heterocycles. The second kappa shape index (κ2) is 4.44. The summed E-state index contributed by atoms with van der Waals surface area (Å²) in [6, 6.07) is 0. The fourth-order valence-electron chi connectivity index (χ4n) is 0.459. The molecule has 1 N–H and O–H groups in total. The molecule has 0 aliphatic carbocycles. The zero-order chi connectivity index (χ0) is 7.28. The first-order chi connectivity index (χ1) is 4.16. The van der Waals surface area contributed by atoms with Gasteiger partial charge in [-0.2, -0.15) is 12.6 Å². The van der Waals surface area contributed by atoms with E-state index in [1.165, 1.54) is 6.08 Å². The van der Waals surface area contributed by atoms with Crippen LogP contribution in [-0.4, -0.2) is 16.8 Å². The molecule has 9 heavy (non-hydrogen) atoms. The Balaban J connectivity index is 3.69. The maximum atomic E-state index is 9.98. The fraction of sp³-hybridized carbons (Fsp3) is 0.500. The SMILES string of the molecule is C/C(=C\C(=O)O)CCS. The Hall–Kier alpha value is -0.440. The molecule has 52 valence electrons. The quantitative estimate of drug-likeness (QED) is 0.465. The maximum absolute atomic E-state index is 9.98. The molecule has 0 fully saturated rings. The van der Waals surface area contributed by atoms with Crippen molar-refractivity contribution >= 4 is 18.6 Å². The van der Waals surface area contributed by atoms with Crippen LogP contribution in [0.1, 0.15) is 13.3 Å². The summed E-state index contributed by atoms with van der Waals surface area (Å²) >= 11 is 3.95. The van der Waals surface area contributed by atoms with E-state index < -0.39 is 5.97 Å². The van der Waals surface area contributed by atoms with Crippen molar-refractivity contribution in [1.82, 2.24) is 0 Å². The van der Waals surface area contributed by atoms with Crippen LogP contribution in [0.3, 0.4) is 0 Å². The van der Waals surface area contributed by atoms with Gasteiger partial charge in [0.1, 0.15) is 0 Å². The van der Waals surface area contributed by atoms with Crippen LogP contribution in [0, 0.1) is 0 Å². The summed E-state index contributed by atoms with van der Waals surface area (Å²) in [4.78, 5) is 9.98. The Morgan fingerprint density at radius 2 is 2.33 bits per heavy atom. The molecule has 0 rings (SSSR count). The number of carboxylic acid groups (broad SMARTS) is 1. The summed E-state index contributed by atoms with van der Waals surface area (Å²) in [5, 5.41) is 8.21. The van der Waals surface area contributed by atoms with E-state index >= 15 is 0 Å². The molecule has 0 aliphatic rings. The third-order valence-electron chi connectivity index (χ3n) is 0.876. The molecule has 0 saturated heterocycles. The van der Waals surface area contributed by atoms with Gasteiger partial charge in [-0.05, 0) is 19.1 Å². The van der Waals surface area contributed by atoms with Crippen LogP contribution in [0.2, 0.25) is 0 Å². The zero-order valence-corrected chi connectivity index (χ0v) is 6.19. The average Bonchev–Trinajstić information content (AvgIpc) is 1.63. The zero-order valence-electron chi connectivity index (χ0n) is 5.29. The predicted octanol–water partition coefficient (Wildman–Crippen LogP) is 1.34. The van der Waals surface area contributed by atoms with Crippen LogP contribution >= 0.6 is 12.6 Å². The van der Waals surface area contributed by atoms with Gasteiger partial charge in [-0.25, -0.2) is 4.79 Å². The number of carbonyl (C=O) groups is 1. The summed E-state index contributed by atoms with van der Waals surface area (Å²) in [5.74, 6) is -0.176. The van der Waals surface area contributed by atoms with Crippen LogP contribution in [0.15, 0.2) is 11.6 Å². The molecule has 0 radical (unpaired) electrons. The van der Waals surface area contributed by atoms with Gasteiger partial charge in [0, 0.05) is 6.08 Å². The first-order valence-electron chi connectivity index (χ1n) is 2.67. The minimum absolute atomic E-state index is 0.704. The highest BCUT2D eigenvalue weighted by atomic mass is 32.1. The molecule has 0 atom stereocenters. The van der Waals surface area contributed by atoms with Gasteiger partial charge in [0.05, 0.1) is 0 Å². The lowest BCUT2D eigenvalue weighted by Crippen LogP contribution is -1.90. The lowest BCUT2D eigenvalue weighted by molar-refractivity contribution is -0.131. The second-order valence-electron chi connectivity index (χ2n) is 1.80. The van der Waals surface area contributed by atoms with Crippen molar-refractivity contribution in [3.63, 3.8) is 0 Å². The largest absolute Gasteiger partial charge is 0.478 e. The van der Waals surface area contributed by atoms with Crippen molar-refractivity contribution in [3.8, 4) is 0 Å². The van der Waals surface area contributed by atoms with Gasteiger partial charge in [0.15, 0.2) is 0 Å². The Labute approximate surface area is 60.0 Å². The van der Waals surface area contributed by atoms with E-state index in [1.807, 2.05) is 0 Å². The average molecular weight is 146 g/mol. The highest BCUT2D eigenvalue weighted by Gasteiger charge is 1.90. The van der Waals surface area contributed by atoms with Crippen LogP contribution in [0.25, 0.3) is 0 Å². The highest BCUT2D eigenvalue weighted by molar-refractivity contribution is 7.80. The highest BCUT2D eigenvalue weighted by Crippen LogP contribution is 1.99. The summed E-state index contributed by atoms with van der Waals surface area (Å²) < 4.78 is 0. The third-order valence-corrected chi connectivity index (χ3v) is 1.10. The molecule has 0 spiro atoms. The topological polar surface area (TPSA) is 37.3 Å². The molecular weight excluding hydrogens is 136 g/mol. The van der Waals surface area contributed by atoms with E-state index in [4.69, 9.17) is 5.11 Å². The predicted molar refractivity (Wildman–Crippen MR) is 39.9 cm³/mol. The normalized spacial score (nSPS) is 11.6. The van der Waals surface area contributed by atoms with E-state index in [1.54, 1.807) is 6.92 Å². The van der Waals surface area contributed by atoms with Crippen molar-refractivity contribution in [1.29, 1.82) is 0 Å². The van der Waals surface area contributed by atoms with E-state index in [2.05, 4.69) is 12.6 Å². The van der Waals surface area contributed by atoms with Gasteiger partial charge in [0.25, 0.3) is 0 Å². The number of carboxylic acids is 1. The summed E-state index contributed by atoms with van der Waals surface area (Å²) in [5.41, 5.74) is 0.859. The number of thiol groups is 1. The molecule has 0 aromatic rings. The number of rotatable bonds is 3. The second-order valence-corrected chi connectivity index (χ2v) is 2.25. The Morgan fingerprint density at radius 1 is 1.78 bits per heavy atom. The van der Waals surface area contributed by atoms with E-state index in [0.29, 0.717) is 5.75 Å². The molecule has 0 unspecified atom stereocenters. The molecule has 0 aromatic carbocycles. The molecule has 0 aromatic heterocycles. The van der Waals surface area contributed by atoms with Crippen molar-refractivity contribution in [2.45, 2.75) is 13.3 Å². The molecule has 0 amide bonds. The molecule has 2 nitrogen and oxygen atoms in total. The molecule has 3 heteroatoms. The van der Waals surface area contributed by atoms with E-state index in [9.17, 15) is 4.79 Å². The van der Waals surface area contributed by atoms with Gasteiger partial charge < -0.3 is 5.11 Å². The minimum Gasteiger partial charge on any atom is -0.478 e. The summed E-state index contributed by atoms with van der Waals surface area (Å²) in [6.07, 6.45) is 1.95. The number of allylic oxidation sites excluding steroid dienone is 1. The Morgan fingerprint density at radius 3 is 2.67 bits per heavy atom. The van der Waals surface area contributed by atoms with Crippen molar-refractivity contribution in [2.24, 2.45) is 0 Å². The Bertz CT molecular complexity index is 129. The van der Waals surface area contributed by atoms with Gasteiger partial charge >= 0.3 is 5.97 Å². The van der Waals surface area contributed by atoms with Crippen LogP contribution in [0.4, 0.5) is 0 Å². The minimum atomic E-state index is -0.880. The van der Waals surface area contributed by atoms with Crippen LogP contribution < -0.4 is 0 Å². The van der Waals surface area contributed by atoms with E-state index in [0.717, 1.165) is 12.0 Å². The monoisotopic (exact) mass is 146 g/mol. The van der Waals surface area contributed by atoms with Gasteiger partial charge in [-0.15, -0.1) is 0 Å². The van der Waals surface area contributed by atoms with Crippen molar-refractivity contribution in [2.75, 3.05) is 5.75 Å². The molecule has 0 heterocycles. The summed E-state index contributed by atoms with van der Waals surface area (Å²) in [7, 11) is 0. The third kappa shape index (κ3) is 5.43. The lowest BCUT2D eigenvalue weighted by Gasteiger charge is -1.91. The standard InChI is InChI=1S/C6H10O2S/c1-5(2-3-9)4-6(7)8/h4,9H,2-3H2,1H3,(H,7,8)/b5-4+. The fourth-order valence-corrected chi connectivity index (χ4v) is 0.812. The molecular formula is C6H10O2S. The summed E-state index contributed by atoms with van der Waals surface area (Å²) in [6.45, 7) is 1.78. The number of hydrogen-bond acceptors (Lipinski definition) is 2. The molecule has 0 bridgehead atoms. The first kappa shape index (κ1) is 8.56. The van der Waals surface area contributed by atoms with Crippen molar-refractivity contribution in [3.05, 3.63) is 11.6 Å². The van der Waals surface area contributed by atoms with Crippen LogP contribution in [0.5, 0.6) is 0 Å². The smallest absolute Gasteiger partial charge is 0.328 e. The van der Waals surface area contributed by atoms with Gasteiger partial charge in [-0.3, -0.25) is 0 Å².